The fraction of sp³-hybridized carbons (Fsp3) is 0.419. The minimum Gasteiger partial charge on any atom is -0.497 e. The van der Waals surface area contributed by atoms with Gasteiger partial charge in [-0.05, 0) is 62.4 Å². The summed E-state index contributed by atoms with van der Waals surface area (Å²) in [6, 6.07) is 9.78. The summed E-state index contributed by atoms with van der Waals surface area (Å²) in [6.07, 6.45) is 6.18. The number of fused-ring (bicyclic) bond motifs is 3. The molecular weight excluding hydrogens is 482 g/mol. The minimum absolute atomic E-state index is 0.0134. The van der Waals surface area contributed by atoms with Crippen LogP contribution in [0.2, 0.25) is 0 Å². The normalized spacial score (nSPS) is 21.6. The van der Waals surface area contributed by atoms with Crippen molar-refractivity contribution in [3.8, 4) is 16.9 Å². The SMILES string of the molecule is COc1cccc(-c2coc3c(C)c4oc(=O)c(CC(=O)N5CC[C@@]6(O)CCCC[C@H]6C5)c(C)c4cc23)c1. The number of piperidine rings is 1. The Morgan fingerprint density at radius 2 is 1.97 bits per heavy atom. The second-order valence-electron chi connectivity index (χ2n) is 10.9. The molecule has 2 aromatic carbocycles. The van der Waals surface area contributed by atoms with Crippen molar-refractivity contribution >= 4 is 27.8 Å². The topological polar surface area (TPSA) is 93.1 Å². The van der Waals surface area contributed by atoms with E-state index in [0.717, 1.165) is 64.5 Å². The molecule has 2 atom stereocenters. The highest BCUT2D eigenvalue weighted by Gasteiger charge is 2.43. The Labute approximate surface area is 221 Å². The number of hydrogen-bond acceptors (Lipinski definition) is 6. The first-order valence-corrected chi connectivity index (χ1v) is 13.4. The van der Waals surface area contributed by atoms with Crippen molar-refractivity contribution in [2.75, 3.05) is 20.2 Å². The van der Waals surface area contributed by atoms with Crippen LogP contribution in [0.25, 0.3) is 33.1 Å². The molecule has 38 heavy (non-hydrogen) atoms. The molecule has 7 heteroatoms. The zero-order chi connectivity index (χ0) is 26.6. The molecule has 6 rings (SSSR count). The Bertz CT molecular complexity index is 1610. The molecule has 0 radical (unpaired) electrons. The number of carbonyl (C=O) groups excluding carboxylic acids is 1. The number of hydrogen-bond donors (Lipinski definition) is 1. The summed E-state index contributed by atoms with van der Waals surface area (Å²) in [5, 5.41) is 12.7. The molecule has 1 N–H and O–H groups in total. The zero-order valence-electron chi connectivity index (χ0n) is 22.1. The first kappa shape index (κ1) is 24.7. The molecule has 0 spiro atoms. The average Bonchev–Trinajstić information content (AvgIpc) is 3.35. The van der Waals surface area contributed by atoms with E-state index in [0.29, 0.717) is 36.2 Å². The van der Waals surface area contributed by atoms with E-state index in [2.05, 4.69) is 0 Å². The van der Waals surface area contributed by atoms with Gasteiger partial charge in [0.15, 0.2) is 0 Å². The first-order valence-electron chi connectivity index (χ1n) is 13.4. The molecule has 1 saturated heterocycles. The van der Waals surface area contributed by atoms with Crippen LogP contribution in [0, 0.1) is 19.8 Å². The summed E-state index contributed by atoms with van der Waals surface area (Å²) in [5.74, 6) is 0.766. The van der Waals surface area contributed by atoms with Gasteiger partial charge in [-0.25, -0.2) is 4.79 Å². The summed E-state index contributed by atoms with van der Waals surface area (Å²) in [4.78, 5) is 28.3. The molecular formula is C31H33NO6. The van der Waals surface area contributed by atoms with E-state index in [1.54, 1.807) is 13.4 Å². The zero-order valence-corrected chi connectivity index (χ0v) is 22.1. The van der Waals surface area contributed by atoms with Gasteiger partial charge in [-0.3, -0.25) is 4.79 Å². The van der Waals surface area contributed by atoms with Crippen molar-refractivity contribution < 1.29 is 23.5 Å². The fourth-order valence-electron chi connectivity index (χ4n) is 6.48. The number of benzene rings is 2. The summed E-state index contributed by atoms with van der Waals surface area (Å²) >= 11 is 0. The molecule has 198 valence electrons. The highest BCUT2D eigenvalue weighted by atomic mass is 16.5. The smallest absolute Gasteiger partial charge is 0.340 e. The number of ether oxygens (including phenoxy) is 1. The van der Waals surface area contributed by atoms with E-state index in [1.165, 1.54) is 0 Å². The maximum Gasteiger partial charge on any atom is 0.340 e. The molecule has 2 fully saturated rings. The lowest BCUT2D eigenvalue weighted by atomic mass is 9.71. The van der Waals surface area contributed by atoms with Crippen LogP contribution >= 0.6 is 0 Å². The van der Waals surface area contributed by atoms with E-state index < -0.39 is 11.2 Å². The average molecular weight is 516 g/mol. The number of aliphatic hydroxyl groups is 1. The number of rotatable bonds is 4. The molecule has 3 heterocycles. The molecule has 1 amide bonds. The molecule has 7 nitrogen and oxygen atoms in total. The number of amides is 1. The minimum atomic E-state index is -0.652. The van der Waals surface area contributed by atoms with Crippen LogP contribution in [-0.2, 0) is 11.2 Å². The van der Waals surface area contributed by atoms with Gasteiger partial charge in [0.05, 0.1) is 31.0 Å². The fourth-order valence-corrected chi connectivity index (χ4v) is 6.48. The molecule has 1 saturated carbocycles. The van der Waals surface area contributed by atoms with Gasteiger partial charge in [-0.15, -0.1) is 0 Å². The van der Waals surface area contributed by atoms with Crippen LogP contribution in [0.3, 0.4) is 0 Å². The number of carbonyl (C=O) groups is 1. The van der Waals surface area contributed by atoms with Gasteiger partial charge in [-0.2, -0.15) is 0 Å². The van der Waals surface area contributed by atoms with Crippen LogP contribution in [0.5, 0.6) is 5.75 Å². The number of furan rings is 1. The lowest BCUT2D eigenvalue weighted by Gasteiger charge is -2.47. The van der Waals surface area contributed by atoms with Crippen molar-refractivity contribution in [3.05, 3.63) is 63.7 Å². The van der Waals surface area contributed by atoms with Gasteiger partial charge in [0.2, 0.25) is 5.91 Å². The third-order valence-electron chi connectivity index (χ3n) is 8.83. The number of methoxy groups -OCH3 is 1. The maximum atomic E-state index is 13.4. The van der Waals surface area contributed by atoms with Gasteiger partial charge >= 0.3 is 5.63 Å². The molecule has 2 aromatic heterocycles. The Morgan fingerprint density at radius 1 is 1.13 bits per heavy atom. The van der Waals surface area contributed by atoms with E-state index in [-0.39, 0.29) is 18.2 Å². The number of aryl methyl sites for hydroxylation is 2. The van der Waals surface area contributed by atoms with Gasteiger partial charge < -0.3 is 23.6 Å². The molecule has 1 aliphatic carbocycles. The quantitative estimate of drug-likeness (QED) is 0.360. The molecule has 0 unspecified atom stereocenters. The lowest BCUT2D eigenvalue weighted by molar-refractivity contribution is -0.142. The van der Waals surface area contributed by atoms with Crippen molar-refractivity contribution in [1.82, 2.24) is 4.90 Å². The van der Waals surface area contributed by atoms with Crippen LogP contribution in [0.15, 0.2) is 50.2 Å². The summed E-state index contributed by atoms with van der Waals surface area (Å²) < 4.78 is 17.1. The third-order valence-corrected chi connectivity index (χ3v) is 8.83. The van der Waals surface area contributed by atoms with Crippen LogP contribution in [0.1, 0.15) is 48.8 Å². The Morgan fingerprint density at radius 3 is 2.79 bits per heavy atom. The standard InChI is InChI=1S/C31H33NO6/c1-18-23-14-25-26(20-7-6-9-22(13-20)36-3)17-37-28(25)19(2)29(23)38-30(34)24(18)15-27(33)32-12-11-31(35)10-5-4-8-21(31)16-32/h6-7,9,13-14,17,21,35H,4-5,8,10-12,15-16H2,1-3H3/t21-,31-/m0/s1. The predicted octanol–water partition coefficient (Wildman–Crippen LogP) is 5.53. The van der Waals surface area contributed by atoms with E-state index in [9.17, 15) is 14.7 Å². The van der Waals surface area contributed by atoms with Crippen molar-refractivity contribution in [2.24, 2.45) is 5.92 Å². The Hall–Kier alpha value is -3.58. The number of nitrogens with zero attached hydrogens (tertiary/aromatic N) is 1. The lowest BCUT2D eigenvalue weighted by Crippen LogP contribution is -2.55. The monoisotopic (exact) mass is 515 g/mol. The summed E-state index contributed by atoms with van der Waals surface area (Å²) in [7, 11) is 1.64. The van der Waals surface area contributed by atoms with E-state index >= 15 is 0 Å². The van der Waals surface area contributed by atoms with Crippen LogP contribution in [-0.4, -0.2) is 41.7 Å². The van der Waals surface area contributed by atoms with Gasteiger partial charge in [0.1, 0.15) is 16.9 Å². The molecule has 4 aromatic rings. The van der Waals surface area contributed by atoms with Crippen molar-refractivity contribution in [3.63, 3.8) is 0 Å². The predicted molar refractivity (Wildman–Crippen MR) is 146 cm³/mol. The summed E-state index contributed by atoms with van der Waals surface area (Å²) in [6.45, 7) is 4.83. The number of likely N-dealkylation sites (tertiary alicyclic amines) is 1. The van der Waals surface area contributed by atoms with Crippen molar-refractivity contribution in [1.29, 1.82) is 0 Å². The van der Waals surface area contributed by atoms with E-state index in [4.69, 9.17) is 13.6 Å². The van der Waals surface area contributed by atoms with Crippen LogP contribution < -0.4 is 10.4 Å². The second kappa shape index (κ2) is 9.31. The molecule has 0 bridgehead atoms. The largest absolute Gasteiger partial charge is 0.497 e. The van der Waals surface area contributed by atoms with Gasteiger partial charge in [0, 0.05) is 40.9 Å². The highest BCUT2D eigenvalue weighted by molar-refractivity contribution is 6.05. The van der Waals surface area contributed by atoms with Gasteiger partial charge in [0.25, 0.3) is 0 Å². The van der Waals surface area contributed by atoms with Crippen LogP contribution in [0.4, 0.5) is 0 Å². The molecule has 1 aliphatic heterocycles. The summed E-state index contributed by atoms with van der Waals surface area (Å²) in [5.41, 5.74) is 3.76. The first-order chi connectivity index (χ1) is 18.3. The van der Waals surface area contributed by atoms with Crippen molar-refractivity contribution in [2.45, 2.75) is 58.0 Å². The Kier molecular flexibility index (Phi) is 6.06. The van der Waals surface area contributed by atoms with E-state index in [1.807, 2.05) is 49.1 Å². The van der Waals surface area contributed by atoms with Gasteiger partial charge in [-0.1, -0.05) is 25.0 Å². The highest BCUT2D eigenvalue weighted by Crippen LogP contribution is 2.40. The molecule has 2 aliphatic rings. The Balaban J connectivity index is 1.37. The second-order valence-corrected chi connectivity index (χ2v) is 10.9. The maximum absolute atomic E-state index is 13.4. The third kappa shape index (κ3) is 4.00.